The van der Waals surface area contributed by atoms with Crippen LogP contribution >= 0.6 is 23.4 Å². The second-order valence-electron chi connectivity index (χ2n) is 5.27. The van der Waals surface area contributed by atoms with Crippen molar-refractivity contribution in [2.75, 3.05) is 12.8 Å². The minimum Gasteiger partial charge on any atom is -0.316 e. The third-order valence-electron chi connectivity index (χ3n) is 4.06. The quantitative estimate of drug-likeness (QED) is 0.890. The molecule has 2 aromatic rings. The summed E-state index contributed by atoms with van der Waals surface area (Å²) >= 11 is 7.98. The molecule has 0 spiro atoms. The number of hydrogen-bond acceptors (Lipinski definition) is 2. The van der Waals surface area contributed by atoms with Crippen molar-refractivity contribution in [3.05, 3.63) is 64.4 Å². The van der Waals surface area contributed by atoms with Crippen molar-refractivity contribution in [1.29, 1.82) is 0 Å². The molecule has 0 fully saturated rings. The van der Waals surface area contributed by atoms with Gasteiger partial charge in [-0.3, -0.25) is 0 Å². The molecule has 0 aromatic heterocycles. The summed E-state index contributed by atoms with van der Waals surface area (Å²) in [5, 5.41) is 3.63. The lowest BCUT2D eigenvalue weighted by atomic mass is 9.89. The highest BCUT2D eigenvalue weighted by molar-refractivity contribution is 7.99. The van der Waals surface area contributed by atoms with E-state index in [0.29, 0.717) is 5.92 Å². The fourth-order valence-corrected chi connectivity index (χ4v) is 4.44. The zero-order valence-electron chi connectivity index (χ0n) is 11.8. The van der Waals surface area contributed by atoms with Crippen molar-refractivity contribution in [2.45, 2.75) is 23.3 Å². The molecule has 3 rings (SSSR count). The zero-order valence-corrected chi connectivity index (χ0v) is 13.3. The molecule has 2 aromatic carbocycles. The summed E-state index contributed by atoms with van der Waals surface area (Å²) in [5.74, 6) is 1.14. The molecule has 2 unspecified atom stereocenters. The minimum atomic E-state index is -0.342. The van der Waals surface area contributed by atoms with E-state index in [0.717, 1.165) is 17.7 Å². The lowest BCUT2D eigenvalue weighted by Crippen LogP contribution is -2.34. The molecule has 1 aliphatic heterocycles. The van der Waals surface area contributed by atoms with Gasteiger partial charge in [0.15, 0.2) is 0 Å². The van der Waals surface area contributed by atoms with Gasteiger partial charge in [-0.05, 0) is 36.7 Å². The molecule has 1 heterocycles. The highest BCUT2D eigenvalue weighted by Crippen LogP contribution is 2.41. The van der Waals surface area contributed by atoms with Crippen molar-refractivity contribution >= 4 is 23.4 Å². The Hall–Kier alpha value is -1.03. The Morgan fingerprint density at radius 3 is 2.90 bits per heavy atom. The first-order chi connectivity index (χ1) is 10.2. The molecule has 1 N–H and O–H groups in total. The van der Waals surface area contributed by atoms with Gasteiger partial charge in [-0.25, -0.2) is 4.39 Å². The van der Waals surface area contributed by atoms with Crippen LogP contribution in [0.4, 0.5) is 4.39 Å². The van der Waals surface area contributed by atoms with Crippen LogP contribution in [0.3, 0.4) is 0 Å². The van der Waals surface area contributed by atoms with Crippen molar-refractivity contribution < 1.29 is 4.39 Å². The maximum atomic E-state index is 13.6. The van der Waals surface area contributed by atoms with E-state index in [2.05, 4.69) is 29.6 Å². The molecule has 0 aliphatic carbocycles. The van der Waals surface area contributed by atoms with Gasteiger partial charge in [0.1, 0.15) is 5.82 Å². The van der Waals surface area contributed by atoms with Crippen LogP contribution in [0.25, 0.3) is 0 Å². The fourth-order valence-electron chi connectivity index (χ4n) is 2.91. The molecule has 21 heavy (non-hydrogen) atoms. The van der Waals surface area contributed by atoms with E-state index in [-0.39, 0.29) is 16.9 Å². The van der Waals surface area contributed by atoms with E-state index < -0.39 is 0 Å². The first-order valence-corrected chi connectivity index (χ1v) is 8.39. The second kappa shape index (κ2) is 6.39. The van der Waals surface area contributed by atoms with E-state index in [4.69, 9.17) is 11.6 Å². The van der Waals surface area contributed by atoms with Crippen LogP contribution in [0.5, 0.6) is 0 Å². The SMILES string of the molecule is CNC(Cc1cccc(F)c1Cl)C1CSc2ccccc21. The minimum absolute atomic E-state index is 0.247. The van der Waals surface area contributed by atoms with Crippen molar-refractivity contribution in [3.8, 4) is 0 Å². The molecule has 0 amide bonds. The summed E-state index contributed by atoms with van der Waals surface area (Å²) in [6, 6.07) is 13.8. The van der Waals surface area contributed by atoms with Gasteiger partial charge in [-0.15, -0.1) is 11.8 Å². The number of nitrogens with one attached hydrogen (secondary N) is 1. The van der Waals surface area contributed by atoms with Crippen LogP contribution in [-0.2, 0) is 6.42 Å². The lowest BCUT2D eigenvalue weighted by molar-refractivity contribution is 0.488. The number of thioether (sulfide) groups is 1. The number of benzene rings is 2. The van der Waals surface area contributed by atoms with Crippen LogP contribution in [0, 0.1) is 5.82 Å². The third kappa shape index (κ3) is 2.96. The van der Waals surface area contributed by atoms with Gasteiger partial charge in [0.05, 0.1) is 5.02 Å². The van der Waals surface area contributed by atoms with E-state index >= 15 is 0 Å². The highest BCUT2D eigenvalue weighted by atomic mass is 35.5. The third-order valence-corrected chi connectivity index (χ3v) is 5.70. The molecule has 0 bridgehead atoms. The Bertz CT molecular complexity index is 646. The summed E-state index contributed by atoms with van der Waals surface area (Å²) in [7, 11) is 1.96. The maximum Gasteiger partial charge on any atom is 0.142 e. The number of fused-ring (bicyclic) bond motifs is 1. The number of halogens is 2. The normalized spacial score (nSPS) is 18.5. The predicted octanol–water partition coefficient (Wildman–Crippen LogP) is 4.50. The van der Waals surface area contributed by atoms with Gasteiger partial charge >= 0.3 is 0 Å². The Labute approximate surface area is 133 Å². The first kappa shape index (κ1) is 14.9. The van der Waals surface area contributed by atoms with Gasteiger partial charge < -0.3 is 5.32 Å². The molecular weight excluding hydrogens is 305 g/mol. The standard InChI is InChI=1S/C17H17ClFNS/c1-20-15(9-11-5-4-7-14(19)17(11)18)13-10-21-16-8-3-2-6-12(13)16/h2-8,13,15,20H,9-10H2,1H3. The van der Waals surface area contributed by atoms with E-state index in [1.54, 1.807) is 6.07 Å². The Morgan fingerprint density at radius 2 is 2.10 bits per heavy atom. The molecule has 2 atom stereocenters. The van der Waals surface area contributed by atoms with Crippen LogP contribution in [0.2, 0.25) is 5.02 Å². The maximum absolute atomic E-state index is 13.6. The monoisotopic (exact) mass is 321 g/mol. The number of rotatable bonds is 4. The Balaban J connectivity index is 1.85. The fraction of sp³-hybridized carbons (Fsp3) is 0.294. The van der Waals surface area contributed by atoms with Crippen LogP contribution in [-0.4, -0.2) is 18.8 Å². The molecule has 1 aliphatic rings. The average molecular weight is 322 g/mol. The summed E-state index contributed by atoms with van der Waals surface area (Å²) in [6.45, 7) is 0. The summed E-state index contributed by atoms with van der Waals surface area (Å²) in [6.07, 6.45) is 0.729. The second-order valence-corrected chi connectivity index (χ2v) is 6.71. The topological polar surface area (TPSA) is 12.0 Å². The van der Waals surface area contributed by atoms with Gasteiger partial charge in [0.25, 0.3) is 0 Å². The number of likely N-dealkylation sites (N-methyl/N-ethyl adjacent to an activating group) is 1. The first-order valence-electron chi connectivity index (χ1n) is 7.02. The lowest BCUT2D eigenvalue weighted by Gasteiger charge is -2.24. The van der Waals surface area contributed by atoms with Crippen molar-refractivity contribution in [3.63, 3.8) is 0 Å². The van der Waals surface area contributed by atoms with Crippen molar-refractivity contribution in [1.82, 2.24) is 5.32 Å². The molecule has 0 saturated carbocycles. The molecule has 4 heteroatoms. The summed E-state index contributed by atoms with van der Waals surface area (Å²) < 4.78 is 13.6. The van der Waals surface area contributed by atoms with Gasteiger partial charge in [-0.2, -0.15) is 0 Å². The summed E-state index contributed by atoms with van der Waals surface area (Å²) in [5.41, 5.74) is 2.25. The number of hydrogen-bond donors (Lipinski definition) is 1. The van der Waals surface area contributed by atoms with Crippen LogP contribution in [0.15, 0.2) is 47.4 Å². The molecular formula is C17H17ClFNS. The predicted molar refractivity (Wildman–Crippen MR) is 87.9 cm³/mol. The van der Waals surface area contributed by atoms with E-state index in [1.807, 2.05) is 24.9 Å². The van der Waals surface area contributed by atoms with Crippen molar-refractivity contribution in [2.24, 2.45) is 0 Å². The average Bonchev–Trinajstić information content (AvgIpc) is 2.93. The Kier molecular flexibility index (Phi) is 4.53. The molecule has 1 nitrogen and oxygen atoms in total. The van der Waals surface area contributed by atoms with Gasteiger partial charge in [0.2, 0.25) is 0 Å². The van der Waals surface area contributed by atoms with Gasteiger partial charge in [-0.1, -0.05) is 41.9 Å². The summed E-state index contributed by atoms with van der Waals surface area (Å²) in [4.78, 5) is 1.35. The highest BCUT2D eigenvalue weighted by Gasteiger charge is 2.29. The Morgan fingerprint density at radius 1 is 1.29 bits per heavy atom. The van der Waals surface area contributed by atoms with Crippen LogP contribution < -0.4 is 5.32 Å². The molecule has 110 valence electrons. The van der Waals surface area contributed by atoms with Gasteiger partial charge in [0, 0.05) is 22.6 Å². The zero-order chi connectivity index (χ0) is 14.8. The van der Waals surface area contributed by atoms with Crippen LogP contribution in [0.1, 0.15) is 17.0 Å². The van der Waals surface area contributed by atoms with E-state index in [1.165, 1.54) is 16.5 Å². The largest absolute Gasteiger partial charge is 0.316 e. The van der Waals surface area contributed by atoms with E-state index in [9.17, 15) is 4.39 Å². The molecule has 0 radical (unpaired) electrons. The molecule has 0 saturated heterocycles. The smallest absolute Gasteiger partial charge is 0.142 e.